The molecule has 0 aromatic rings. The van der Waals surface area contributed by atoms with Crippen molar-refractivity contribution in [1.82, 2.24) is 5.06 Å². The number of hydrogen-bond acceptors (Lipinski definition) is 3. The van der Waals surface area contributed by atoms with Gasteiger partial charge in [-0.05, 0) is 40.0 Å². The van der Waals surface area contributed by atoms with Gasteiger partial charge in [-0.25, -0.2) is 0 Å². The van der Waals surface area contributed by atoms with E-state index in [1.807, 2.05) is 20.8 Å². The highest BCUT2D eigenvalue weighted by molar-refractivity contribution is 5.66. The third kappa shape index (κ3) is 9.91. The van der Waals surface area contributed by atoms with Crippen molar-refractivity contribution in [1.29, 1.82) is 0 Å². The Labute approximate surface area is 166 Å². The van der Waals surface area contributed by atoms with Crippen LogP contribution >= 0.6 is 0 Å². The van der Waals surface area contributed by atoms with Gasteiger partial charge in [-0.1, -0.05) is 70.6 Å². The summed E-state index contributed by atoms with van der Waals surface area (Å²) in [5.41, 5.74) is -1.02. The van der Waals surface area contributed by atoms with Crippen molar-refractivity contribution in [3.8, 4) is 0 Å². The second-order valence-electron chi connectivity index (χ2n) is 9.06. The van der Waals surface area contributed by atoms with Crippen LogP contribution < -0.4 is 0 Å². The molecule has 1 atom stereocenters. The van der Waals surface area contributed by atoms with E-state index in [2.05, 4.69) is 0 Å². The van der Waals surface area contributed by atoms with Crippen LogP contribution in [0.3, 0.4) is 0 Å². The maximum Gasteiger partial charge on any atom is 0.303 e. The van der Waals surface area contributed by atoms with Crippen LogP contribution in [0.25, 0.3) is 0 Å². The van der Waals surface area contributed by atoms with Crippen LogP contribution in [0.15, 0.2) is 0 Å². The zero-order valence-corrected chi connectivity index (χ0v) is 17.9. The van der Waals surface area contributed by atoms with Crippen molar-refractivity contribution >= 4 is 5.97 Å². The summed E-state index contributed by atoms with van der Waals surface area (Å²) in [6.07, 6.45) is 16.8. The average Bonchev–Trinajstić information content (AvgIpc) is 2.82. The number of aliphatic carboxylic acids is 1. The second-order valence-corrected chi connectivity index (χ2v) is 9.06. The Kier molecular flexibility index (Phi) is 11.5. The fourth-order valence-electron chi connectivity index (χ4n) is 3.94. The Morgan fingerprint density at radius 1 is 0.815 bits per heavy atom. The highest BCUT2D eigenvalue weighted by atomic mass is 16.6. The van der Waals surface area contributed by atoms with Crippen LogP contribution in [0, 0.1) is 0 Å². The van der Waals surface area contributed by atoms with E-state index in [1.165, 1.54) is 64.2 Å². The predicted molar refractivity (Wildman–Crippen MR) is 108 cm³/mol. The third-order valence-electron chi connectivity index (χ3n) is 5.75. The average molecular weight is 385 g/mol. The summed E-state index contributed by atoms with van der Waals surface area (Å²) >= 11 is 0. The van der Waals surface area contributed by atoms with Crippen molar-refractivity contribution in [3.63, 3.8) is 0 Å². The first-order valence-corrected chi connectivity index (χ1v) is 11.1. The summed E-state index contributed by atoms with van der Waals surface area (Å²) in [4.78, 5) is 10.4. The van der Waals surface area contributed by atoms with Crippen LogP contribution in [-0.2, 0) is 14.7 Å². The molecule has 1 fully saturated rings. The minimum absolute atomic E-state index is 0.319. The standard InChI is InChI=1S/C22H42NO4/c1-21(2)19-27-22(3,23(21)26)18-16-14-12-10-8-6-4-5-7-9-11-13-15-17-20(24)25/h4-19H2,1-3H3,(H,24,25). The molecule has 5 heteroatoms. The van der Waals surface area contributed by atoms with Gasteiger partial charge in [0.1, 0.15) is 5.72 Å². The monoisotopic (exact) mass is 384 g/mol. The summed E-state index contributed by atoms with van der Waals surface area (Å²) in [7, 11) is 0. The van der Waals surface area contributed by atoms with Gasteiger partial charge in [0.05, 0.1) is 12.1 Å². The van der Waals surface area contributed by atoms with E-state index in [0.29, 0.717) is 13.0 Å². The predicted octanol–water partition coefficient (Wildman–Crippen LogP) is 6.10. The van der Waals surface area contributed by atoms with E-state index in [4.69, 9.17) is 9.84 Å². The molecule has 27 heavy (non-hydrogen) atoms. The van der Waals surface area contributed by atoms with Crippen molar-refractivity contribution in [2.45, 2.75) is 128 Å². The van der Waals surface area contributed by atoms with Crippen LogP contribution in [0.2, 0.25) is 0 Å². The first-order chi connectivity index (χ1) is 12.8. The van der Waals surface area contributed by atoms with Crippen LogP contribution in [0.1, 0.15) is 117 Å². The SMILES string of the molecule is CC1(C)COC(C)(CCCCCCCCCCCCCCCC(=O)O)N1[O]. The van der Waals surface area contributed by atoms with Crippen LogP contribution in [0.4, 0.5) is 0 Å². The van der Waals surface area contributed by atoms with Gasteiger partial charge < -0.3 is 9.84 Å². The summed E-state index contributed by atoms with van der Waals surface area (Å²) in [6.45, 7) is 6.35. The fourth-order valence-corrected chi connectivity index (χ4v) is 3.94. The number of rotatable bonds is 16. The Balaban J connectivity index is 1.84. The van der Waals surface area contributed by atoms with E-state index < -0.39 is 17.2 Å². The lowest BCUT2D eigenvalue weighted by Crippen LogP contribution is -2.47. The Bertz CT molecular complexity index is 413. The molecule has 0 aromatic heterocycles. The fraction of sp³-hybridized carbons (Fsp3) is 0.955. The van der Waals surface area contributed by atoms with Gasteiger partial charge in [-0.3, -0.25) is 4.79 Å². The molecule has 1 unspecified atom stereocenters. The van der Waals surface area contributed by atoms with Gasteiger partial charge in [-0.15, -0.1) is 10.3 Å². The molecule has 1 heterocycles. The lowest BCUT2D eigenvalue weighted by atomic mass is 10.0. The highest BCUT2D eigenvalue weighted by Crippen LogP contribution is 2.36. The smallest absolute Gasteiger partial charge is 0.303 e. The summed E-state index contributed by atoms with van der Waals surface area (Å²) in [5, 5.41) is 22.0. The second kappa shape index (κ2) is 12.7. The van der Waals surface area contributed by atoms with Crippen molar-refractivity contribution in [2.24, 2.45) is 0 Å². The van der Waals surface area contributed by atoms with E-state index in [0.717, 1.165) is 30.7 Å². The maximum absolute atomic E-state index is 12.3. The van der Waals surface area contributed by atoms with Gasteiger partial charge in [0.25, 0.3) is 0 Å². The van der Waals surface area contributed by atoms with Crippen molar-refractivity contribution in [2.75, 3.05) is 6.61 Å². The molecule has 0 aromatic carbocycles. The first-order valence-electron chi connectivity index (χ1n) is 11.1. The number of hydroxylamine groups is 2. The largest absolute Gasteiger partial charge is 0.481 e. The molecule has 1 aliphatic heterocycles. The summed E-state index contributed by atoms with van der Waals surface area (Å²) in [6, 6.07) is 0. The van der Waals surface area contributed by atoms with Crippen molar-refractivity contribution in [3.05, 3.63) is 0 Å². The van der Waals surface area contributed by atoms with E-state index in [-0.39, 0.29) is 0 Å². The van der Waals surface area contributed by atoms with E-state index in [9.17, 15) is 10.0 Å². The van der Waals surface area contributed by atoms with Gasteiger partial charge in [0, 0.05) is 6.42 Å². The Morgan fingerprint density at radius 3 is 1.59 bits per heavy atom. The van der Waals surface area contributed by atoms with E-state index >= 15 is 0 Å². The molecule has 159 valence electrons. The molecular weight excluding hydrogens is 342 g/mol. The quantitative estimate of drug-likeness (QED) is 0.327. The summed E-state index contributed by atoms with van der Waals surface area (Å²) in [5.74, 6) is -0.674. The Morgan fingerprint density at radius 2 is 1.22 bits per heavy atom. The maximum atomic E-state index is 12.3. The normalized spacial score (nSPS) is 22.4. The topological polar surface area (TPSA) is 69.7 Å². The molecule has 5 nitrogen and oxygen atoms in total. The molecule has 1 saturated heterocycles. The zero-order valence-electron chi connectivity index (χ0n) is 17.9. The number of carbonyl (C=O) groups is 1. The minimum Gasteiger partial charge on any atom is -0.481 e. The van der Waals surface area contributed by atoms with Gasteiger partial charge >= 0.3 is 5.97 Å². The number of nitrogens with zero attached hydrogens (tertiary/aromatic N) is 1. The lowest BCUT2D eigenvalue weighted by molar-refractivity contribution is -0.286. The van der Waals surface area contributed by atoms with Gasteiger partial charge in [-0.2, -0.15) is 0 Å². The zero-order chi connectivity index (χ0) is 20.2. The molecule has 0 saturated carbocycles. The van der Waals surface area contributed by atoms with E-state index in [1.54, 1.807) is 0 Å². The van der Waals surface area contributed by atoms with Crippen molar-refractivity contribution < 1.29 is 19.8 Å². The first kappa shape index (κ1) is 24.4. The number of ether oxygens (including phenoxy) is 1. The molecule has 1 N–H and O–H groups in total. The molecular formula is C22H42NO4. The van der Waals surface area contributed by atoms with Crippen LogP contribution in [-0.4, -0.2) is 34.0 Å². The molecule has 0 amide bonds. The molecule has 1 aliphatic rings. The number of carboxylic acids is 1. The molecule has 0 spiro atoms. The molecule has 1 radical (unpaired) electrons. The number of hydrogen-bond donors (Lipinski definition) is 1. The van der Waals surface area contributed by atoms with Crippen LogP contribution in [0.5, 0.6) is 0 Å². The summed E-state index contributed by atoms with van der Waals surface area (Å²) < 4.78 is 5.78. The molecule has 0 bridgehead atoms. The number of carboxylic acid groups (broad SMARTS) is 1. The van der Waals surface area contributed by atoms with Gasteiger partial charge in [0.2, 0.25) is 0 Å². The molecule has 1 rings (SSSR count). The van der Waals surface area contributed by atoms with Gasteiger partial charge in [0.15, 0.2) is 0 Å². The Hall–Kier alpha value is -0.650. The highest BCUT2D eigenvalue weighted by Gasteiger charge is 2.49. The minimum atomic E-state index is -0.674. The lowest BCUT2D eigenvalue weighted by Gasteiger charge is -2.32. The third-order valence-corrected chi connectivity index (χ3v) is 5.75. The molecule has 0 aliphatic carbocycles. The number of unbranched alkanes of at least 4 members (excludes halogenated alkanes) is 12.